The van der Waals surface area contributed by atoms with Gasteiger partial charge in [0.15, 0.2) is 0 Å². The molecule has 14 heteroatoms. The number of sulfonamides is 1. The van der Waals surface area contributed by atoms with E-state index in [0.29, 0.717) is 11.1 Å². The number of amides is 1. The molecule has 0 spiro atoms. The topological polar surface area (TPSA) is 104 Å². The van der Waals surface area contributed by atoms with Gasteiger partial charge in [-0.2, -0.15) is 17.5 Å². The normalized spacial score (nSPS) is 18.4. The summed E-state index contributed by atoms with van der Waals surface area (Å²) in [6.07, 6.45) is -5.15. The Morgan fingerprint density at radius 3 is 2.50 bits per heavy atom. The maximum Gasteiger partial charge on any atom is 0.433 e. The average molecular weight is 556 g/mol. The zero-order chi connectivity index (χ0) is 27.7. The summed E-state index contributed by atoms with van der Waals surface area (Å²) in [4.78, 5) is 20.4. The molecular weight excluding hydrogens is 533 g/mol. The zero-order valence-electron chi connectivity index (χ0n) is 19.8. The van der Waals surface area contributed by atoms with Crippen LogP contribution < -0.4 is 10.6 Å². The smallest absolute Gasteiger partial charge is 0.373 e. The van der Waals surface area contributed by atoms with Gasteiger partial charge in [0.1, 0.15) is 29.5 Å². The lowest BCUT2D eigenvalue weighted by Crippen LogP contribution is -2.45. The van der Waals surface area contributed by atoms with Crippen molar-refractivity contribution >= 4 is 21.7 Å². The lowest BCUT2D eigenvalue weighted by molar-refractivity contribution is -0.141. The third-order valence-electron chi connectivity index (χ3n) is 5.92. The van der Waals surface area contributed by atoms with Gasteiger partial charge in [-0.3, -0.25) is 9.78 Å². The van der Waals surface area contributed by atoms with Crippen LogP contribution in [0.2, 0.25) is 0 Å². The van der Waals surface area contributed by atoms with Crippen molar-refractivity contribution in [1.29, 1.82) is 0 Å². The van der Waals surface area contributed by atoms with Crippen molar-refractivity contribution in [2.24, 2.45) is 0 Å². The van der Waals surface area contributed by atoms with Crippen molar-refractivity contribution in [2.45, 2.75) is 36.3 Å². The number of halogens is 5. The first-order chi connectivity index (χ1) is 17.9. The number of hydrogen-bond donors (Lipinski definition) is 2. The molecule has 2 aromatic heterocycles. The Labute approximate surface area is 215 Å². The molecular formula is C24H22F5N5O3S. The van der Waals surface area contributed by atoms with Gasteiger partial charge in [0, 0.05) is 38.3 Å². The third kappa shape index (κ3) is 5.75. The summed E-state index contributed by atoms with van der Waals surface area (Å²) in [7, 11) is -2.85. The Morgan fingerprint density at radius 1 is 1.13 bits per heavy atom. The molecule has 3 aromatic rings. The summed E-state index contributed by atoms with van der Waals surface area (Å²) in [5, 5.41) is 5.19. The first-order valence-electron chi connectivity index (χ1n) is 11.3. The molecule has 3 heterocycles. The van der Waals surface area contributed by atoms with E-state index in [4.69, 9.17) is 0 Å². The summed E-state index contributed by atoms with van der Waals surface area (Å²) < 4.78 is 93.3. The molecule has 1 aliphatic rings. The SMILES string of the molecule is CNc1nc(C(F)(F)F)ccc1-c1cc(CNC(=O)C2CC(F)CN2S(=O)(=O)c2ccc(F)cc2)ccn1. The van der Waals surface area contributed by atoms with Crippen LogP contribution in [-0.4, -0.2) is 54.4 Å². The van der Waals surface area contributed by atoms with Crippen LogP contribution in [0.25, 0.3) is 11.3 Å². The standard InChI is InChI=1S/C24H22F5N5O3S/c1-30-22-18(6-7-21(33-22)24(27,28)29)19-10-14(8-9-31-19)12-32-23(35)20-11-16(26)13-34(20)38(36,37)17-4-2-15(25)3-5-17/h2-10,16,20H,11-13H2,1H3,(H,30,33)(H,32,35). The van der Waals surface area contributed by atoms with Crippen LogP contribution >= 0.6 is 0 Å². The van der Waals surface area contributed by atoms with Gasteiger partial charge in [-0.25, -0.2) is 22.2 Å². The zero-order valence-corrected chi connectivity index (χ0v) is 20.7. The number of nitrogens with zero attached hydrogens (tertiary/aromatic N) is 3. The van der Waals surface area contributed by atoms with Gasteiger partial charge < -0.3 is 10.6 Å². The average Bonchev–Trinajstić information content (AvgIpc) is 3.29. The van der Waals surface area contributed by atoms with Crippen molar-refractivity contribution in [1.82, 2.24) is 19.6 Å². The van der Waals surface area contributed by atoms with Crippen molar-refractivity contribution in [2.75, 3.05) is 18.9 Å². The molecule has 2 unspecified atom stereocenters. The van der Waals surface area contributed by atoms with E-state index >= 15 is 0 Å². The second-order valence-corrected chi connectivity index (χ2v) is 10.4. The largest absolute Gasteiger partial charge is 0.433 e. The van der Waals surface area contributed by atoms with Crippen LogP contribution in [-0.2, 0) is 27.5 Å². The van der Waals surface area contributed by atoms with Crippen molar-refractivity contribution in [3.8, 4) is 11.3 Å². The van der Waals surface area contributed by atoms with Gasteiger partial charge in [-0.05, 0) is 54.1 Å². The minimum Gasteiger partial charge on any atom is -0.373 e. The van der Waals surface area contributed by atoms with Crippen molar-refractivity contribution in [3.05, 3.63) is 71.8 Å². The van der Waals surface area contributed by atoms with Gasteiger partial charge in [0.05, 0.1) is 10.6 Å². The highest BCUT2D eigenvalue weighted by Crippen LogP contribution is 2.33. The fourth-order valence-electron chi connectivity index (χ4n) is 4.06. The summed E-state index contributed by atoms with van der Waals surface area (Å²) in [6.45, 7) is -0.611. The summed E-state index contributed by atoms with van der Waals surface area (Å²) in [5.74, 6) is -1.43. The molecule has 38 heavy (non-hydrogen) atoms. The number of aromatic nitrogens is 2. The van der Waals surface area contributed by atoms with Crippen LogP contribution in [0.5, 0.6) is 0 Å². The number of hydrogen-bond acceptors (Lipinski definition) is 6. The van der Waals surface area contributed by atoms with E-state index in [1.165, 1.54) is 25.4 Å². The summed E-state index contributed by atoms with van der Waals surface area (Å²) in [5.41, 5.74) is 0.0127. The molecule has 0 saturated carbocycles. The van der Waals surface area contributed by atoms with Crippen LogP contribution in [0, 0.1) is 5.82 Å². The quantitative estimate of drug-likeness (QED) is 0.431. The Hall–Kier alpha value is -3.65. The maximum atomic E-state index is 14.2. The van der Waals surface area contributed by atoms with Crippen molar-refractivity contribution < 1.29 is 35.2 Å². The van der Waals surface area contributed by atoms with E-state index in [0.717, 1.165) is 34.6 Å². The third-order valence-corrected chi connectivity index (χ3v) is 7.81. The number of benzene rings is 1. The monoisotopic (exact) mass is 555 g/mol. The van der Waals surface area contributed by atoms with Gasteiger partial charge in [-0.15, -0.1) is 0 Å². The number of rotatable bonds is 7. The Morgan fingerprint density at radius 2 is 1.84 bits per heavy atom. The summed E-state index contributed by atoms with van der Waals surface area (Å²) >= 11 is 0. The van der Waals surface area contributed by atoms with Crippen LogP contribution in [0.4, 0.5) is 27.8 Å². The number of alkyl halides is 4. The number of nitrogens with one attached hydrogen (secondary N) is 2. The van der Waals surface area contributed by atoms with E-state index in [-0.39, 0.29) is 29.4 Å². The molecule has 1 amide bonds. The van der Waals surface area contributed by atoms with Gasteiger partial charge in [0.25, 0.3) is 0 Å². The molecule has 2 atom stereocenters. The van der Waals surface area contributed by atoms with Crippen LogP contribution in [0.15, 0.2) is 59.6 Å². The fraction of sp³-hybridized carbons (Fsp3) is 0.292. The number of anilines is 1. The first kappa shape index (κ1) is 27.4. The number of carbonyl (C=O) groups is 1. The minimum absolute atomic E-state index is 0.0462. The second kappa shape index (κ2) is 10.6. The highest BCUT2D eigenvalue weighted by molar-refractivity contribution is 7.89. The Bertz CT molecular complexity index is 1430. The lowest BCUT2D eigenvalue weighted by atomic mass is 10.1. The number of pyridine rings is 2. The lowest BCUT2D eigenvalue weighted by Gasteiger charge is -2.23. The molecule has 202 valence electrons. The molecule has 0 aliphatic carbocycles. The Kier molecular flexibility index (Phi) is 7.65. The van der Waals surface area contributed by atoms with Crippen molar-refractivity contribution in [3.63, 3.8) is 0 Å². The van der Waals surface area contributed by atoms with E-state index < -0.39 is 52.4 Å². The van der Waals surface area contributed by atoms with Crippen LogP contribution in [0.3, 0.4) is 0 Å². The van der Waals surface area contributed by atoms with E-state index in [1.54, 1.807) is 6.07 Å². The molecule has 1 saturated heterocycles. The van der Waals surface area contributed by atoms with Gasteiger partial charge in [-0.1, -0.05) is 0 Å². The predicted octanol–water partition coefficient (Wildman–Crippen LogP) is 3.76. The predicted molar refractivity (Wildman–Crippen MR) is 127 cm³/mol. The molecule has 0 radical (unpaired) electrons. The van der Waals surface area contributed by atoms with Gasteiger partial charge in [0.2, 0.25) is 15.9 Å². The molecule has 2 N–H and O–H groups in total. The van der Waals surface area contributed by atoms with E-state index in [1.807, 2.05) is 0 Å². The fourth-order valence-corrected chi connectivity index (χ4v) is 5.68. The highest BCUT2D eigenvalue weighted by atomic mass is 32.2. The molecule has 1 fully saturated rings. The van der Waals surface area contributed by atoms with E-state index in [9.17, 15) is 35.2 Å². The molecule has 1 aromatic carbocycles. The minimum atomic E-state index is -4.62. The highest BCUT2D eigenvalue weighted by Gasteiger charge is 2.44. The van der Waals surface area contributed by atoms with E-state index in [2.05, 4.69) is 20.6 Å². The molecule has 4 rings (SSSR count). The molecule has 1 aliphatic heterocycles. The Balaban J connectivity index is 1.51. The summed E-state index contributed by atoms with van der Waals surface area (Å²) in [6, 6.07) is 7.82. The molecule has 8 nitrogen and oxygen atoms in total. The first-order valence-corrected chi connectivity index (χ1v) is 12.7. The maximum absolute atomic E-state index is 14.2. The second-order valence-electron chi connectivity index (χ2n) is 8.48. The number of carbonyl (C=O) groups excluding carboxylic acids is 1. The van der Waals surface area contributed by atoms with Crippen LogP contribution in [0.1, 0.15) is 17.7 Å². The molecule has 0 bridgehead atoms. The van der Waals surface area contributed by atoms with Gasteiger partial charge >= 0.3 is 6.18 Å².